The maximum absolute atomic E-state index is 15.4. The average Bonchev–Trinajstić information content (AvgIpc) is 3.90. The maximum Gasteiger partial charge on any atom is 0.438 e. The van der Waals surface area contributed by atoms with Crippen LogP contribution in [0.5, 0.6) is 0 Å². The second kappa shape index (κ2) is 8.95. The van der Waals surface area contributed by atoms with Crippen molar-refractivity contribution in [2.45, 2.75) is 56.4 Å². The summed E-state index contributed by atoms with van der Waals surface area (Å²) in [4.78, 5) is 34.3. The summed E-state index contributed by atoms with van der Waals surface area (Å²) in [5.74, 6) is -0.171. The van der Waals surface area contributed by atoms with Gasteiger partial charge in [-0.25, -0.2) is 18.7 Å². The van der Waals surface area contributed by atoms with Crippen LogP contribution >= 0.6 is 0 Å². The van der Waals surface area contributed by atoms with E-state index in [2.05, 4.69) is 33.7 Å². The Labute approximate surface area is 234 Å². The SMILES string of the molecule is C[C@@H]1c2ccccc2CCN1C(=O)c1cc(C2CC2)n2nc(-c3ccc([C@H]4C[C@@H]4c4noc(=O)[nH]4)cc3F)cc2n1. The first-order chi connectivity index (χ1) is 19.9. The number of halogens is 1. The molecule has 0 saturated heterocycles. The number of aromatic amines is 1. The number of H-pyrrole nitrogens is 1. The predicted octanol–water partition coefficient (Wildman–Crippen LogP) is 5.12. The second-order valence-corrected chi connectivity index (χ2v) is 11.4. The lowest BCUT2D eigenvalue weighted by molar-refractivity contribution is 0.0671. The zero-order valence-electron chi connectivity index (χ0n) is 22.4. The highest BCUT2D eigenvalue weighted by Gasteiger charge is 2.42. The number of carbonyl (C=O) groups is 1. The van der Waals surface area contributed by atoms with E-state index in [1.54, 1.807) is 16.6 Å². The number of benzene rings is 2. The molecular formula is C31H27FN6O3. The van der Waals surface area contributed by atoms with Gasteiger partial charge in [-0.2, -0.15) is 5.10 Å². The number of rotatable bonds is 5. The van der Waals surface area contributed by atoms with Gasteiger partial charge < -0.3 is 4.90 Å². The summed E-state index contributed by atoms with van der Waals surface area (Å²) in [6.07, 6.45) is 3.63. The molecule has 1 amide bonds. The van der Waals surface area contributed by atoms with Gasteiger partial charge in [0.15, 0.2) is 11.5 Å². The van der Waals surface area contributed by atoms with Gasteiger partial charge in [-0.05, 0) is 73.4 Å². The molecule has 206 valence electrons. The van der Waals surface area contributed by atoms with Crippen molar-refractivity contribution in [3.8, 4) is 11.3 Å². The summed E-state index contributed by atoms with van der Waals surface area (Å²) in [6.45, 7) is 2.70. The highest BCUT2D eigenvalue weighted by atomic mass is 19.1. The van der Waals surface area contributed by atoms with Crippen LogP contribution in [-0.4, -0.2) is 42.1 Å². The molecule has 1 N–H and O–H groups in total. The van der Waals surface area contributed by atoms with Crippen LogP contribution in [0.3, 0.4) is 0 Å². The van der Waals surface area contributed by atoms with E-state index in [0.717, 1.165) is 36.9 Å². The lowest BCUT2D eigenvalue weighted by atomic mass is 9.93. The number of nitrogens with zero attached hydrogens (tertiary/aromatic N) is 5. The number of fused-ring (bicyclic) bond motifs is 2. The molecule has 1 aliphatic heterocycles. The van der Waals surface area contributed by atoms with E-state index in [9.17, 15) is 9.59 Å². The van der Waals surface area contributed by atoms with Crippen LogP contribution in [0, 0.1) is 5.82 Å². The number of aromatic nitrogens is 5. The van der Waals surface area contributed by atoms with Crippen molar-refractivity contribution in [2.75, 3.05) is 6.54 Å². The van der Waals surface area contributed by atoms with Crippen molar-refractivity contribution >= 4 is 11.6 Å². The molecular weight excluding hydrogens is 523 g/mol. The lowest BCUT2D eigenvalue weighted by Gasteiger charge is -2.35. The summed E-state index contributed by atoms with van der Waals surface area (Å²) in [6, 6.07) is 17.0. The van der Waals surface area contributed by atoms with Gasteiger partial charge in [-0.15, -0.1) is 0 Å². The van der Waals surface area contributed by atoms with E-state index in [4.69, 9.17) is 10.1 Å². The van der Waals surface area contributed by atoms with Gasteiger partial charge in [0.05, 0.1) is 11.7 Å². The monoisotopic (exact) mass is 550 g/mol. The molecule has 4 heterocycles. The van der Waals surface area contributed by atoms with Crippen LogP contribution in [-0.2, 0) is 6.42 Å². The standard InChI is InChI=1S/C31H27FN6O3/c1-16-20-5-3-2-4-17(20)10-11-37(16)30(39)26-14-27(18-6-7-18)38-28(33-26)15-25(35-38)21-9-8-19(12-24(21)32)22-13-23(22)29-34-31(40)41-36-29/h2-5,8-9,12,14-16,18,22-23H,6-7,10-11,13H2,1H3,(H,34,36,40)/t16-,22-,23+/m1/s1. The minimum atomic E-state index is -0.584. The summed E-state index contributed by atoms with van der Waals surface area (Å²) in [5.41, 5.74) is 6.03. The summed E-state index contributed by atoms with van der Waals surface area (Å²) in [5, 5.41) is 8.52. The van der Waals surface area contributed by atoms with Crippen molar-refractivity contribution in [2.24, 2.45) is 0 Å². The molecule has 10 heteroatoms. The quantitative estimate of drug-likeness (QED) is 0.325. The Hall–Kier alpha value is -4.60. The number of hydrogen-bond donors (Lipinski definition) is 1. The number of hydrogen-bond acceptors (Lipinski definition) is 6. The molecule has 9 nitrogen and oxygen atoms in total. The van der Waals surface area contributed by atoms with Crippen LogP contribution in [0.2, 0.25) is 0 Å². The van der Waals surface area contributed by atoms with Crippen molar-refractivity contribution in [1.82, 2.24) is 29.6 Å². The van der Waals surface area contributed by atoms with Crippen molar-refractivity contribution in [3.63, 3.8) is 0 Å². The Kier molecular flexibility index (Phi) is 5.29. The first-order valence-corrected chi connectivity index (χ1v) is 14.1. The first kappa shape index (κ1) is 24.2. The van der Waals surface area contributed by atoms with E-state index in [1.807, 2.05) is 29.2 Å². The van der Waals surface area contributed by atoms with Crippen LogP contribution in [0.15, 0.2) is 63.9 Å². The smallest absolute Gasteiger partial charge is 0.330 e. The topological polar surface area (TPSA) is 109 Å². The number of nitrogens with one attached hydrogen (secondary N) is 1. The fraction of sp³-hybridized carbons (Fsp3) is 0.323. The zero-order chi connectivity index (χ0) is 27.8. The Morgan fingerprint density at radius 3 is 2.73 bits per heavy atom. The van der Waals surface area contributed by atoms with E-state index in [-0.39, 0.29) is 29.6 Å². The Balaban J connectivity index is 1.11. The highest BCUT2D eigenvalue weighted by molar-refractivity contribution is 5.93. The molecule has 41 heavy (non-hydrogen) atoms. The fourth-order valence-corrected chi connectivity index (χ4v) is 6.34. The minimum absolute atomic E-state index is 0.0132. The van der Waals surface area contributed by atoms with Gasteiger partial charge in [0, 0.05) is 35.7 Å². The predicted molar refractivity (Wildman–Crippen MR) is 147 cm³/mol. The van der Waals surface area contributed by atoms with Crippen LogP contribution in [0.25, 0.3) is 16.9 Å². The molecule has 0 bridgehead atoms. The fourth-order valence-electron chi connectivity index (χ4n) is 6.34. The first-order valence-electron chi connectivity index (χ1n) is 14.1. The number of carbonyl (C=O) groups excluding carboxylic acids is 1. The minimum Gasteiger partial charge on any atom is -0.330 e. The lowest BCUT2D eigenvalue weighted by Crippen LogP contribution is -2.39. The zero-order valence-corrected chi connectivity index (χ0v) is 22.4. The van der Waals surface area contributed by atoms with Gasteiger partial charge in [-0.1, -0.05) is 35.5 Å². The molecule has 5 aromatic rings. The summed E-state index contributed by atoms with van der Waals surface area (Å²) in [7, 11) is 0. The Bertz CT molecular complexity index is 1900. The molecule has 8 rings (SSSR count). The average molecular weight is 551 g/mol. The largest absolute Gasteiger partial charge is 0.438 e. The number of amides is 1. The second-order valence-electron chi connectivity index (χ2n) is 11.4. The van der Waals surface area contributed by atoms with Crippen LogP contribution < -0.4 is 5.76 Å². The molecule has 3 aromatic heterocycles. The molecule has 0 spiro atoms. The van der Waals surface area contributed by atoms with E-state index < -0.39 is 5.76 Å². The normalized spacial score (nSPS) is 21.7. The third-order valence-electron chi connectivity index (χ3n) is 8.82. The van der Waals surface area contributed by atoms with E-state index >= 15 is 4.39 Å². The van der Waals surface area contributed by atoms with Crippen molar-refractivity contribution < 1.29 is 13.7 Å². The van der Waals surface area contributed by atoms with Gasteiger partial charge in [0.1, 0.15) is 11.5 Å². The molecule has 3 atom stereocenters. The summed E-state index contributed by atoms with van der Waals surface area (Å²) >= 11 is 0. The van der Waals surface area contributed by atoms with Crippen molar-refractivity contribution in [1.29, 1.82) is 0 Å². The third-order valence-corrected chi connectivity index (χ3v) is 8.82. The molecule has 0 unspecified atom stereocenters. The van der Waals surface area contributed by atoms with Gasteiger partial charge in [0.25, 0.3) is 5.91 Å². The molecule has 2 aromatic carbocycles. The maximum atomic E-state index is 15.4. The summed E-state index contributed by atoms with van der Waals surface area (Å²) < 4.78 is 21.8. The van der Waals surface area contributed by atoms with Crippen molar-refractivity contribution in [3.05, 3.63) is 105 Å². The Morgan fingerprint density at radius 1 is 1.10 bits per heavy atom. The van der Waals surface area contributed by atoms with E-state index in [1.165, 1.54) is 17.2 Å². The van der Waals surface area contributed by atoms with Gasteiger partial charge >= 0.3 is 5.76 Å². The molecule has 0 radical (unpaired) electrons. The molecule has 2 aliphatic carbocycles. The molecule has 3 aliphatic rings. The third kappa shape index (κ3) is 4.08. The van der Waals surface area contributed by atoms with Gasteiger partial charge in [0.2, 0.25) is 0 Å². The Morgan fingerprint density at radius 2 is 1.95 bits per heavy atom. The van der Waals surface area contributed by atoms with Crippen LogP contribution in [0.1, 0.15) is 88.7 Å². The molecule has 2 fully saturated rings. The van der Waals surface area contributed by atoms with Gasteiger partial charge in [-0.3, -0.25) is 14.3 Å². The highest BCUT2D eigenvalue weighted by Crippen LogP contribution is 2.53. The van der Waals surface area contributed by atoms with Crippen LogP contribution in [0.4, 0.5) is 4.39 Å². The molecule has 2 saturated carbocycles. The van der Waals surface area contributed by atoms with E-state index in [0.29, 0.717) is 40.9 Å².